The van der Waals surface area contributed by atoms with Gasteiger partial charge in [0, 0.05) is 0 Å². The highest BCUT2D eigenvalue weighted by molar-refractivity contribution is 7.92. The van der Waals surface area contributed by atoms with Crippen molar-refractivity contribution in [2.24, 2.45) is 0 Å². The maximum atomic E-state index is 12.8. The predicted octanol–water partition coefficient (Wildman–Crippen LogP) is 3.76. The van der Waals surface area contributed by atoms with E-state index in [1.54, 1.807) is 48.8 Å². The molecule has 1 heterocycles. The van der Waals surface area contributed by atoms with Crippen LogP contribution in [0.3, 0.4) is 0 Å². The lowest BCUT2D eigenvalue weighted by atomic mass is 9.82. The van der Waals surface area contributed by atoms with Crippen LogP contribution in [0.4, 0.5) is 5.69 Å². The third-order valence-corrected chi connectivity index (χ3v) is 5.99. The second kappa shape index (κ2) is 6.92. The Labute approximate surface area is 153 Å². The van der Waals surface area contributed by atoms with Gasteiger partial charge in [-0.15, -0.1) is 4.80 Å². The Morgan fingerprint density at radius 3 is 2.23 bits per heavy atom. The van der Waals surface area contributed by atoms with E-state index in [9.17, 15) is 8.42 Å². The van der Waals surface area contributed by atoms with Gasteiger partial charge in [-0.2, -0.15) is 10.2 Å². The molecule has 136 valence electrons. The zero-order chi connectivity index (χ0) is 18.8. The summed E-state index contributed by atoms with van der Waals surface area (Å²) >= 11 is 0. The van der Waals surface area contributed by atoms with Crippen LogP contribution in [0.1, 0.15) is 32.8 Å². The highest BCUT2D eigenvalue weighted by Gasteiger charge is 2.21. The topological polar surface area (TPSA) is 76.9 Å². The quantitative estimate of drug-likeness (QED) is 0.717. The Bertz CT molecular complexity index is 979. The molecule has 0 radical (unpaired) electrons. The molecular formula is C19H22N4O2S. The Balaban J connectivity index is 1.91. The predicted molar refractivity (Wildman–Crippen MR) is 102 cm³/mol. The van der Waals surface area contributed by atoms with Crippen LogP contribution in [0.15, 0.2) is 65.8 Å². The van der Waals surface area contributed by atoms with Crippen LogP contribution in [-0.2, 0) is 15.4 Å². The van der Waals surface area contributed by atoms with Crippen LogP contribution >= 0.6 is 0 Å². The van der Waals surface area contributed by atoms with Crippen molar-refractivity contribution >= 4 is 15.7 Å². The summed E-state index contributed by atoms with van der Waals surface area (Å²) in [5.41, 5.74) is 2.10. The van der Waals surface area contributed by atoms with Gasteiger partial charge in [-0.25, -0.2) is 8.42 Å². The molecule has 0 spiro atoms. The number of nitrogens with one attached hydrogen (secondary N) is 1. The van der Waals surface area contributed by atoms with E-state index in [0.29, 0.717) is 11.4 Å². The molecule has 0 aliphatic heterocycles. The molecule has 0 aliphatic carbocycles. The summed E-state index contributed by atoms with van der Waals surface area (Å²) in [6, 6.07) is 14.0. The van der Waals surface area contributed by atoms with E-state index in [1.165, 1.54) is 4.80 Å². The van der Waals surface area contributed by atoms with Crippen molar-refractivity contribution in [3.8, 4) is 5.69 Å². The maximum Gasteiger partial charge on any atom is 0.261 e. The van der Waals surface area contributed by atoms with Crippen molar-refractivity contribution in [1.29, 1.82) is 0 Å². The van der Waals surface area contributed by atoms with E-state index < -0.39 is 10.0 Å². The number of benzene rings is 2. The minimum absolute atomic E-state index is 0.00802. The average Bonchev–Trinajstić information content (AvgIpc) is 3.16. The lowest BCUT2D eigenvalue weighted by Gasteiger charge is -2.23. The molecule has 0 saturated carbocycles. The van der Waals surface area contributed by atoms with Crippen LogP contribution in [0.5, 0.6) is 0 Å². The summed E-state index contributed by atoms with van der Waals surface area (Å²) in [7, 11) is -3.71. The smallest absolute Gasteiger partial charge is 0.261 e. The van der Waals surface area contributed by atoms with Gasteiger partial charge in [0.15, 0.2) is 0 Å². The molecule has 6 nitrogen and oxygen atoms in total. The molecule has 1 N–H and O–H groups in total. The maximum absolute atomic E-state index is 12.8. The molecule has 3 aromatic rings. The third kappa shape index (κ3) is 3.62. The monoisotopic (exact) mass is 370 g/mol. The normalized spacial score (nSPS) is 12.1. The van der Waals surface area contributed by atoms with Gasteiger partial charge in [0.25, 0.3) is 10.0 Å². The Hall–Kier alpha value is -2.67. The van der Waals surface area contributed by atoms with Gasteiger partial charge in [-0.3, -0.25) is 4.72 Å². The van der Waals surface area contributed by atoms with Gasteiger partial charge in [-0.1, -0.05) is 45.0 Å². The lowest BCUT2D eigenvalue weighted by Crippen LogP contribution is -2.17. The summed E-state index contributed by atoms with van der Waals surface area (Å²) in [6.07, 6.45) is 4.06. The van der Waals surface area contributed by atoms with Crippen molar-refractivity contribution in [2.75, 3.05) is 4.72 Å². The number of rotatable bonds is 6. The van der Waals surface area contributed by atoms with Gasteiger partial charge in [0.2, 0.25) is 0 Å². The van der Waals surface area contributed by atoms with E-state index in [-0.39, 0.29) is 10.3 Å². The van der Waals surface area contributed by atoms with E-state index in [2.05, 4.69) is 35.7 Å². The SMILES string of the molecule is CCC(C)(C)c1ccc(S(=O)(=O)Nc2ccccc2-n2nccn2)cc1. The number of hydrogen-bond donors (Lipinski definition) is 1. The van der Waals surface area contributed by atoms with Gasteiger partial charge in [-0.05, 0) is 41.7 Å². The van der Waals surface area contributed by atoms with Gasteiger partial charge in [0.1, 0.15) is 5.69 Å². The van der Waals surface area contributed by atoms with Crippen molar-refractivity contribution in [1.82, 2.24) is 15.0 Å². The van der Waals surface area contributed by atoms with E-state index in [1.807, 2.05) is 12.1 Å². The van der Waals surface area contributed by atoms with Crippen molar-refractivity contribution in [2.45, 2.75) is 37.5 Å². The zero-order valence-electron chi connectivity index (χ0n) is 15.0. The molecule has 2 aromatic carbocycles. The molecular weight excluding hydrogens is 348 g/mol. The van der Waals surface area contributed by atoms with Crippen molar-refractivity contribution < 1.29 is 8.42 Å². The highest BCUT2D eigenvalue weighted by Crippen LogP contribution is 2.28. The molecule has 0 amide bonds. The van der Waals surface area contributed by atoms with Gasteiger partial charge >= 0.3 is 0 Å². The second-order valence-corrected chi connectivity index (χ2v) is 8.39. The number of nitrogens with zero attached hydrogens (tertiary/aromatic N) is 3. The fraction of sp³-hybridized carbons (Fsp3) is 0.263. The summed E-state index contributed by atoms with van der Waals surface area (Å²) in [5.74, 6) is 0. The van der Waals surface area contributed by atoms with Crippen LogP contribution in [0.25, 0.3) is 5.69 Å². The standard InChI is InChI=1S/C19H22N4O2S/c1-4-19(2,3)15-9-11-16(12-10-15)26(24,25)22-17-7-5-6-8-18(17)23-20-13-14-21-23/h5-14,22H,4H2,1-3H3. The van der Waals surface area contributed by atoms with Crippen LogP contribution in [0, 0.1) is 0 Å². The van der Waals surface area contributed by atoms with E-state index in [0.717, 1.165) is 12.0 Å². The summed E-state index contributed by atoms with van der Waals surface area (Å²) in [4.78, 5) is 1.60. The zero-order valence-corrected chi connectivity index (χ0v) is 15.9. The first kappa shape index (κ1) is 18.1. The lowest BCUT2D eigenvalue weighted by molar-refractivity contribution is 0.506. The average molecular weight is 370 g/mol. The van der Waals surface area contributed by atoms with E-state index >= 15 is 0 Å². The Morgan fingerprint density at radius 1 is 1.00 bits per heavy atom. The second-order valence-electron chi connectivity index (χ2n) is 6.70. The minimum atomic E-state index is -3.71. The molecule has 7 heteroatoms. The Kier molecular flexibility index (Phi) is 4.82. The van der Waals surface area contributed by atoms with Crippen molar-refractivity contribution in [3.63, 3.8) is 0 Å². The molecule has 0 saturated heterocycles. The van der Waals surface area contributed by atoms with Crippen LogP contribution in [-0.4, -0.2) is 23.4 Å². The van der Waals surface area contributed by atoms with Gasteiger partial charge < -0.3 is 0 Å². The van der Waals surface area contributed by atoms with Crippen molar-refractivity contribution in [3.05, 3.63) is 66.5 Å². The number of sulfonamides is 1. The fourth-order valence-electron chi connectivity index (χ4n) is 2.57. The number of anilines is 1. The van der Waals surface area contributed by atoms with Crippen LogP contribution in [0.2, 0.25) is 0 Å². The Morgan fingerprint density at radius 2 is 1.62 bits per heavy atom. The molecule has 3 rings (SSSR count). The number of aromatic nitrogens is 3. The summed E-state index contributed by atoms with van der Waals surface area (Å²) in [6.45, 7) is 6.40. The summed E-state index contributed by atoms with van der Waals surface area (Å²) < 4.78 is 28.2. The first-order valence-electron chi connectivity index (χ1n) is 8.42. The molecule has 1 aromatic heterocycles. The third-order valence-electron chi connectivity index (χ3n) is 4.61. The van der Waals surface area contributed by atoms with E-state index in [4.69, 9.17) is 0 Å². The number of para-hydroxylation sites is 2. The molecule has 0 unspecified atom stereocenters. The molecule has 0 fully saturated rings. The molecule has 0 aliphatic rings. The first-order chi connectivity index (χ1) is 12.3. The first-order valence-corrected chi connectivity index (χ1v) is 9.91. The molecule has 0 atom stereocenters. The minimum Gasteiger partial charge on any atom is -0.277 e. The highest BCUT2D eigenvalue weighted by atomic mass is 32.2. The van der Waals surface area contributed by atoms with Gasteiger partial charge in [0.05, 0.1) is 23.0 Å². The molecule has 0 bridgehead atoms. The fourth-order valence-corrected chi connectivity index (χ4v) is 3.64. The molecule has 26 heavy (non-hydrogen) atoms. The van der Waals surface area contributed by atoms with Crippen LogP contribution < -0.4 is 4.72 Å². The largest absolute Gasteiger partial charge is 0.277 e. The number of hydrogen-bond acceptors (Lipinski definition) is 4. The summed E-state index contributed by atoms with van der Waals surface area (Å²) in [5, 5.41) is 8.14.